The Morgan fingerprint density at radius 3 is 1.87 bits per heavy atom. The third-order valence-corrected chi connectivity index (χ3v) is 11.0. The smallest absolute Gasteiger partial charge is 0.0540 e. The summed E-state index contributed by atoms with van der Waals surface area (Å²) in [4.78, 5) is 2.46. The zero-order valence-corrected chi connectivity index (χ0v) is 27.3. The maximum Gasteiger partial charge on any atom is 0.0540 e. The van der Waals surface area contributed by atoms with E-state index >= 15 is 0 Å². The van der Waals surface area contributed by atoms with Gasteiger partial charge in [-0.05, 0) is 81.4 Å². The second kappa shape index (κ2) is 10.8. The molecule has 0 bridgehead atoms. The molecule has 0 atom stereocenters. The van der Waals surface area contributed by atoms with Crippen molar-refractivity contribution in [3.63, 3.8) is 0 Å². The molecule has 1 heterocycles. The van der Waals surface area contributed by atoms with E-state index in [1.54, 1.807) is 0 Å². The van der Waals surface area contributed by atoms with Crippen molar-refractivity contribution in [3.8, 4) is 33.4 Å². The first-order chi connectivity index (χ1) is 23.1. The zero-order valence-electron chi connectivity index (χ0n) is 26.4. The first-order valence-electron chi connectivity index (χ1n) is 16.3. The SMILES string of the molecule is CC1(C)c2ccc(N(c3ccc4sc5ccccc5c4c3)c3ccccc3-c3ccccc3)cc2-c2c(-c3ccccc3)cccc21. The van der Waals surface area contributed by atoms with E-state index in [9.17, 15) is 0 Å². The summed E-state index contributed by atoms with van der Waals surface area (Å²) in [5, 5.41) is 2.60. The lowest BCUT2D eigenvalue weighted by Crippen LogP contribution is -2.15. The summed E-state index contributed by atoms with van der Waals surface area (Å²) < 4.78 is 2.63. The first kappa shape index (κ1) is 27.8. The normalized spacial score (nSPS) is 13.1. The van der Waals surface area contributed by atoms with Crippen molar-refractivity contribution in [1.29, 1.82) is 0 Å². The molecule has 47 heavy (non-hydrogen) atoms. The van der Waals surface area contributed by atoms with Crippen LogP contribution in [0.25, 0.3) is 53.6 Å². The van der Waals surface area contributed by atoms with Crippen LogP contribution < -0.4 is 4.90 Å². The Kier molecular flexibility index (Phi) is 6.41. The molecule has 0 unspecified atom stereocenters. The Morgan fingerprint density at radius 1 is 0.447 bits per heavy atom. The highest BCUT2D eigenvalue weighted by Crippen LogP contribution is 2.54. The van der Waals surface area contributed by atoms with Gasteiger partial charge in [-0.15, -0.1) is 11.3 Å². The molecule has 0 radical (unpaired) electrons. The van der Waals surface area contributed by atoms with Gasteiger partial charge in [0, 0.05) is 42.5 Å². The minimum absolute atomic E-state index is 0.102. The van der Waals surface area contributed by atoms with Gasteiger partial charge in [-0.25, -0.2) is 0 Å². The highest BCUT2D eigenvalue weighted by molar-refractivity contribution is 7.25. The van der Waals surface area contributed by atoms with Gasteiger partial charge in [0.15, 0.2) is 0 Å². The summed E-state index contributed by atoms with van der Waals surface area (Å²) in [5.41, 5.74) is 13.7. The molecule has 0 aliphatic heterocycles. The van der Waals surface area contributed by atoms with E-state index in [2.05, 4.69) is 183 Å². The Morgan fingerprint density at radius 2 is 1.06 bits per heavy atom. The Labute approximate surface area is 280 Å². The van der Waals surface area contributed by atoms with Crippen LogP contribution in [0.4, 0.5) is 17.1 Å². The average molecular weight is 620 g/mol. The molecule has 224 valence electrons. The number of fused-ring (bicyclic) bond motifs is 6. The number of hydrogen-bond acceptors (Lipinski definition) is 2. The molecule has 9 rings (SSSR count). The summed E-state index contributed by atoms with van der Waals surface area (Å²) in [6.07, 6.45) is 0. The van der Waals surface area contributed by atoms with Gasteiger partial charge in [0.05, 0.1) is 5.69 Å². The van der Waals surface area contributed by atoms with E-state index in [0.29, 0.717) is 0 Å². The standard InChI is InChI=1S/C45H33NS/c1-45(2)39-26-24-32(29-38(39)44-35(20-13-21-40(44)45)31-16-7-4-8-17-31)46(41-22-11-9-18-34(41)30-14-5-3-6-15-30)33-25-27-43-37(28-33)36-19-10-12-23-42(36)47-43/h3-29H,1-2H3. The van der Waals surface area contributed by atoms with E-state index in [1.807, 2.05) is 11.3 Å². The van der Waals surface area contributed by atoms with Crippen LogP contribution in [0.15, 0.2) is 164 Å². The predicted molar refractivity (Wildman–Crippen MR) is 202 cm³/mol. The molecular weight excluding hydrogens is 587 g/mol. The summed E-state index contributed by atoms with van der Waals surface area (Å²) >= 11 is 1.86. The largest absolute Gasteiger partial charge is 0.310 e. The number of benzene rings is 7. The molecule has 1 nitrogen and oxygen atoms in total. The molecule has 8 aromatic rings. The number of nitrogens with zero attached hydrogens (tertiary/aromatic N) is 1. The van der Waals surface area contributed by atoms with Crippen molar-refractivity contribution in [3.05, 3.63) is 175 Å². The Hall–Kier alpha value is -5.44. The molecule has 1 aliphatic carbocycles. The molecule has 0 fully saturated rings. The van der Waals surface area contributed by atoms with E-state index in [0.717, 1.165) is 17.1 Å². The average Bonchev–Trinajstić information content (AvgIpc) is 3.61. The molecule has 0 amide bonds. The van der Waals surface area contributed by atoms with Gasteiger partial charge >= 0.3 is 0 Å². The monoisotopic (exact) mass is 619 g/mol. The molecule has 0 saturated carbocycles. The molecule has 0 spiro atoms. The van der Waals surface area contributed by atoms with Crippen LogP contribution in [0.1, 0.15) is 25.0 Å². The second-order valence-electron chi connectivity index (χ2n) is 12.9. The number of anilines is 3. The van der Waals surface area contributed by atoms with Crippen molar-refractivity contribution in [1.82, 2.24) is 0 Å². The van der Waals surface area contributed by atoms with Crippen molar-refractivity contribution in [2.24, 2.45) is 0 Å². The number of hydrogen-bond donors (Lipinski definition) is 0. The van der Waals surface area contributed by atoms with E-state index in [4.69, 9.17) is 0 Å². The van der Waals surface area contributed by atoms with E-state index < -0.39 is 0 Å². The summed E-state index contributed by atoms with van der Waals surface area (Å²) in [6.45, 7) is 4.73. The molecular formula is C45H33NS. The number of para-hydroxylation sites is 1. The van der Waals surface area contributed by atoms with Crippen molar-refractivity contribution in [2.45, 2.75) is 19.3 Å². The van der Waals surface area contributed by atoms with Gasteiger partial charge in [0.25, 0.3) is 0 Å². The fourth-order valence-electron chi connectivity index (χ4n) is 7.60. The van der Waals surface area contributed by atoms with Crippen LogP contribution in [0.2, 0.25) is 0 Å². The highest BCUT2D eigenvalue weighted by atomic mass is 32.1. The maximum atomic E-state index is 2.46. The van der Waals surface area contributed by atoms with Crippen LogP contribution in [0, 0.1) is 0 Å². The van der Waals surface area contributed by atoms with E-state index in [-0.39, 0.29) is 5.41 Å². The van der Waals surface area contributed by atoms with Crippen molar-refractivity contribution < 1.29 is 0 Å². The molecule has 0 N–H and O–H groups in total. The van der Waals surface area contributed by atoms with Gasteiger partial charge in [-0.1, -0.05) is 135 Å². The van der Waals surface area contributed by atoms with Gasteiger partial charge in [-0.2, -0.15) is 0 Å². The van der Waals surface area contributed by atoms with Crippen LogP contribution in [-0.4, -0.2) is 0 Å². The minimum atomic E-state index is -0.102. The third kappa shape index (κ3) is 4.44. The first-order valence-corrected chi connectivity index (χ1v) is 17.1. The quantitative estimate of drug-likeness (QED) is 0.185. The molecule has 0 saturated heterocycles. The predicted octanol–water partition coefficient (Wildman–Crippen LogP) is 13.2. The second-order valence-corrected chi connectivity index (χ2v) is 14.0. The lowest BCUT2D eigenvalue weighted by Gasteiger charge is -2.29. The number of thiophene rings is 1. The fraction of sp³-hybridized carbons (Fsp3) is 0.0667. The lowest BCUT2D eigenvalue weighted by molar-refractivity contribution is 0.660. The lowest BCUT2D eigenvalue weighted by atomic mass is 9.82. The fourth-order valence-corrected chi connectivity index (χ4v) is 8.69. The van der Waals surface area contributed by atoms with E-state index in [1.165, 1.54) is 64.7 Å². The Bertz CT molecular complexity index is 2440. The van der Waals surface area contributed by atoms with Crippen LogP contribution in [0.5, 0.6) is 0 Å². The van der Waals surface area contributed by atoms with Crippen LogP contribution >= 0.6 is 11.3 Å². The Balaban J connectivity index is 1.31. The van der Waals surface area contributed by atoms with Crippen LogP contribution in [0.3, 0.4) is 0 Å². The summed E-state index contributed by atoms with van der Waals surface area (Å²) in [6, 6.07) is 60.1. The molecule has 1 aliphatic rings. The zero-order chi connectivity index (χ0) is 31.5. The molecule has 1 aromatic heterocycles. The van der Waals surface area contributed by atoms with Crippen molar-refractivity contribution >= 4 is 48.6 Å². The number of rotatable bonds is 5. The highest BCUT2D eigenvalue weighted by Gasteiger charge is 2.37. The van der Waals surface area contributed by atoms with Gasteiger partial charge < -0.3 is 4.90 Å². The van der Waals surface area contributed by atoms with Gasteiger partial charge in [-0.3, -0.25) is 0 Å². The molecule has 7 aromatic carbocycles. The van der Waals surface area contributed by atoms with Crippen LogP contribution in [-0.2, 0) is 5.41 Å². The maximum absolute atomic E-state index is 2.46. The minimum Gasteiger partial charge on any atom is -0.310 e. The summed E-state index contributed by atoms with van der Waals surface area (Å²) in [5.74, 6) is 0. The van der Waals surface area contributed by atoms with Crippen molar-refractivity contribution in [2.75, 3.05) is 4.90 Å². The van der Waals surface area contributed by atoms with Gasteiger partial charge in [0.1, 0.15) is 0 Å². The van der Waals surface area contributed by atoms with Gasteiger partial charge in [0.2, 0.25) is 0 Å². The molecule has 2 heteroatoms. The third-order valence-electron chi connectivity index (χ3n) is 9.87. The summed E-state index contributed by atoms with van der Waals surface area (Å²) in [7, 11) is 0. The topological polar surface area (TPSA) is 3.24 Å².